The van der Waals surface area contributed by atoms with Crippen molar-refractivity contribution < 1.29 is 17.9 Å². The molecule has 1 saturated heterocycles. The van der Waals surface area contributed by atoms with Gasteiger partial charge >= 0.3 is 0 Å². The van der Waals surface area contributed by atoms with Crippen LogP contribution in [0.5, 0.6) is 5.75 Å². The second-order valence-electron chi connectivity index (χ2n) is 8.67. The number of methoxy groups -OCH3 is 1. The first-order valence-electron chi connectivity index (χ1n) is 11.7. The van der Waals surface area contributed by atoms with Crippen LogP contribution < -0.4 is 14.4 Å². The number of ether oxygens (including phenoxy) is 1. The minimum atomic E-state index is -4.02. The van der Waals surface area contributed by atoms with Crippen LogP contribution in [0.15, 0.2) is 83.8 Å². The Kier molecular flexibility index (Phi) is 7.73. The third-order valence-corrected chi connectivity index (χ3v) is 7.69. The summed E-state index contributed by atoms with van der Waals surface area (Å²) < 4.78 is 34.8. The first-order valence-corrected chi connectivity index (χ1v) is 13.2. The normalized spacial score (nSPS) is 15.0. The van der Waals surface area contributed by atoms with E-state index in [1.54, 1.807) is 23.1 Å². The Balaban J connectivity index is 1.55. The number of benzene rings is 3. The van der Waals surface area contributed by atoms with E-state index in [4.69, 9.17) is 4.74 Å². The molecule has 184 valence electrons. The largest absolute Gasteiger partial charge is 0.495 e. The number of amides is 1. The van der Waals surface area contributed by atoms with Gasteiger partial charge < -0.3 is 14.5 Å². The number of hydrogen-bond donors (Lipinski definition) is 1. The Morgan fingerprint density at radius 2 is 1.57 bits per heavy atom. The van der Waals surface area contributed by atoms with E-state index >= 15 is 0 Å². The molecule has 8 heteroatoms. The predicted octanol–water partition coefficient (Wildman–Crippen LogP) is 3.24. The van der Waals surface area contributed by atoms with Gasteiger partial charge in [-0.25, -0.2) is 8.42 Å². The first-order chi connectivity index (χ1) is 16.9. The number of para-hydroxylation sites is 1. The van der Waals surface area contributed by atoms with Crippen LogP contribution in [-0.4, -0.2) is 58.6 Å². The van der Waals surface area contributed by atoms with Crippen LogP contribution in [0.25, 0.3) is 0 Å². The lowest BCUT2D eigenvalue weighted by atomic mass is 10.1. The number of carbonyl (C=O) groups is 1. The highest BCUT2D eigenvalue weighted by atomic mass is 32.2. The van der Waals surface area contributed by atoms with Gasteiger partial charge in [0.2, 0.25) is 15.9 Å². The summed E-state index contributed by atoms with van der Waals surface area (Å²) in [6.45, 7) is 4.23. The monoisotopic (exact) mass is 493 g/mol. The van der Waals surface area contributed by atoms with Crippen LogP contribution in [0.4, 0.5) is 5.69 Å². The molecule has 4 rings (SSSR count). The molecule has 0 spiro atoms. The molecule has 1 unspecified atom stereocenters. The fourth-order valence-corrected chi connectivity index (χ4v) is 5.76. The first kappa shape index (κ1) is 24.8. The predicted molar refractivity (Wildman–Crippen MR) is 137 cm³/mol. The van der Waals surface area contributed by atoms with Crippen molar-refractivity contribution in [3.8, 4) is 5.75 Å². The lowest BCUT2D eigenvalue weighted by molar-refractivity contribution is -0.133. The standard InChI is InChI=1S/C27H31N3O4S/c1-21-13-14-25(34-2)26(19-21)35(32,33)28-24(20-22-9-5-3-6-10-22)27(31)30-17-15-29(16-18-30)23-11-7-4-8-12-23/h3-14,19,24,28H,15-18,20H2,1-2H3. The molecule has 0 radical (unpaired) electrons. The van der Waals surface area contributed by atoms with Crippen molar-refractivity contribution in [2.45, 2.75) is 24.3 Å². The highest BCUT2D eigenvalue weighted by molar-refractivity contribution is 7.89. The third-order valence-electron chi connectivity index (χ3n) is 6.20. The maximum Gasteiger partial charge on any atom is 0.244 e. The second-order valence-corrected chi connectivity index (χ2v) is 10.3. The Labute approximate surface area is 207 Å². The van der Waals surface area contributed by atoms with Crippen molar-refractivity contribution in [1.82, 2.24) is 9.62 Å². The number of carbonyl (C=O) groups excluding carboxylic acids is 1. The Hall–Kier alpha value is -3.36. The van der Waals surface area contributed by atoms with Crippen LogP contribution in [0.2, 0.25) is 0 Å². The number of piperazine rings is 1. The van der Waals surface area contributed by atoms with Crippen molar-refractivity contribution in [1.29, 1.82) is 0 Å². The average molecular weight is 494 g/mol. The number of anilines is 1. The van der Waals surface area contributed by atoms with Crippen molar-refractivity contribution in [2.75, 3.05) is 38.2 Å². The molecule has 0 bridgehead atoms. The summed E-state index contributed by atoms with van der Waals surface area (Å²) in [4.78, 5) is 17.6. The molecule has 1 amide bonds. The maximum atomic E-state index is 13.6. The van der Waals surface area contributed by atoms with Crippen LogP contribution in [0.1, 0.15) is 11.1 Å². The molecule has 1 N–H and O–H groups in total. The summed E-state index contributed by atoms with van der Waals surface area (Å²) in [5.74, 6) is 0.0160. The summed E-state index contributed by atoms with van der Waals surface area (Å²) in [6, 6.07) is 23.6. The Bertz CT molecular complexity index is 1240. The van der Waals surface area contributed by atoms with E-state index < -0.39 is 16.1 Å². The number of rotatable bonds is 8. The van der Waals surface area contributed by atoms with E-state index in [2.05, 4.69) is 21.8 Å². The smallest absolute Gasteiger partial charge is 0.244 e. The molecule has 0 aliphatic carbocycles. The van der Waals surface area contributed by atoms with Crippen molar-refractivity contribution in [3.63, 3.8) is 0 Å². The Morgan fingerprint density at radius 1 is 0.943 bits per heavy atom. The molecule has 1 fully saturated rings. The molecule has 0 aromatic heterocycles. The van der Waals surface area contributed by atoms with E-state index in [0.29, 0.717) is 26.2 Å². The molecule has 1 atom stereocenters. The van der Waals surface area contributed by atoms with E-state index in [9.17, 15) is 13.2 Å². The molecule has 1 aliphatic heterocycles. The van der Waals surface area contributed by atoms with Crippen LogP contribution in [-0.2, 0) is 21.2 Å². The van der Waals surface area contributed by atoms with Crippen LogP contribution >= 0.6 is 0 Å². The molecule has 3 aromatic rings. The van der Waals surface area contributed by atoms with E-state index in [1.807, 2.05) is 55.5 Å². The van der Waals surface area contributed by atoms with Crippen molar-refractivity contribution in [3.05, 3.63) is 90.0 Å². The highest BCUT2D eigenvalue weighted by Gasteiger charge is 2.32. The van der Waals surface area contributed by atoms with E-state index in [1.165, 1.54) is 7.11 Å². The fourth-order valence-electron chi connectivity index (χ4n) is 4.32. The number of aryl methyl sites for hydroxylation is 1. The van der Waals surface area contributed by atoms with Gasteiger partial charge in [0, 0.05) is 31.9 Å². The number of hydrogen-bond acceptors (Lipinski definition) is 5. The van der Waals surface area contributed by atoms with E-state index in [0.717, 1.165) is 16.8 Å². The quantitative estimate of drug-likeness (QED) is 0.521. The van der Waals surface area contributed by atoms with Gasteiger partial charge in [0.05, 0.1) is 7.11 Å². The summed E-state index contributed by atoms with van der Waals surface area (Å²) in [5.41, 5.74) is 2.79. The average Bonchev–Trinajstić information content (AvgIpc) is 2.89. The zero-order valence-corrected chi connectivity index (χ0v) is 20.9. The van der Waals surface area contributed by atoms with Crippen LogP contribution in [0.3, 0.4) is 0 Å². The van der Waals surface area contributed by atoms with Gasteiger partial charge in [-0.15, -0.1) is 0 Å². The zero-order valence-electron chi connectivity index (χ0n) is 20.1. The van der Waals surface area contributed by atoms with Gasteiger partial charge in [0.1, 0.15) is 16.7 Å². The van der Waals surface area contributed by atoms with Crippen molar-refractivity contribution in [2.24, 2.45) is 0 Å². The fraction of sp³-hybridized carbons (Fsp3) is 0.296. The molecule has 1 aliphatic rings. The summed E-state index contributed by atoms with van der Waals surface area (Å²) in [5, 5.41) is 0. The molecular formula is C27H31N3O4S. The van der Waals surface area contributed by atoms with Gasteiger partial charge in [0.25, 0.3) is 0 Å². The lowest BCUT2D eigenvalue weighted by Crippen LogP contribution is -2.55. The molecule has 7 nitrogen and oxygen atoms in total. The van der Waals surface area contributed by atoms with Gasteiger partial charge in [0.15, 0.2) is 0 Å². The minimum Gasteiger partial charge on any atom is -0.495 e. The molecule has 3 aromatic carbocycles. The molecule has 1 heterocycles. The summed E-state index contributed by atoms with van der Waals surface area (Å²) >= 11 is 0. The number of nitrogens with zero attached hydrogens (tertiary/aromatic N) is 2. The van der Waals surface area contributed by atoms with Gasteiger partial charge in [-0.1, -0.05) is 54.6 Å². The molecule has 35 heavy (non-hydrogen) atoms. The van der Waals surface area contributed by atoms with Gasteiger partial charge in [-0.2, -0.15) is 4.72 Å². The van der Waals surface area contributed by atoms with Crippen molar-refractivity contribution >= 4 is 21.6 Å². The topological polar surface area (TPSA) is 78.9 Å². The lowest BCUT2D eigenvalue weighted by Gasteiger charge is -2.37. The Morgan fingerprint density at radius 3 is 2.20 bits per heavy atom. The SMILES string of the molecule is COc1ccc(C)cc1S(=O)(=O)NC(Cc1ccccc1)C(=O)N1CCN(c2ccccc2)CC1. The highest BCUT2D eigenvalue weighted by Crippen LogP contribution is 2.25. The number of nitrogens with one attached hydrogen (secondary N) is 1. The molecule has 0 saturated carbocycles. The number of sulfonamides is 1. The van der Waals surface area contributed by atoms with Crippen LogP contribution in [0, 0.1) is 6.92 Å². The van der Waals surface area contributed by atoms with Gasteiger partial charge in [-0.3, -0.25) is 4.79 Å². The van der Waals surface area contributed by atoms with E-state index in [-0.39, 0.29) is 23.0 Å². The summed E-state index contributed by atoms with van der Waals surface area (Å²) in [6.07, 6.45) is 0.256. The maximum absolute atomic E-state index is 13.6. The second kappa shape index (κ2) is 10.9. The third kappa shape index (κ3) is 6.01. The minimum absolute atomic E-state index is 0.0276. The zero-order chi connectivity index (χ0) is 24.8. The molecular weight excluding hydrogens is 462 g/mol. The van der Waals surface area contributed by atoms with Gasteiger partial charge in [-0.05, 0) is 48.7 Å². The summed E-state index contributed by atoms with van der Waals surface area (Å²) in [7, 11) is -2.58.